The van der Waals surface area contributed by atoms with Crippen molar-refractivity contribution in [2.75, 3.05) is 5.01 Å². The van der Waals surface area contributed by atoms with Gasteiger partial charge in [-0.3, -0.25) is 0 Å². The topological polar surface area (TPSA) is 79.5 Å². The summed E-state index contributed by atoms with van der Waals surface area (Å²) in [6, 6.07) is 9.60. The van der Waals surface area contributed by atoms with E-state index in [0.29, 0.717) is 15.6 Å². The number of hydrogen-bond donors (Lipinski definition) is 2. The first kappa shape index (κ1) is 19.2. The van der Waals surface area contributed by atoms with Gasteiger partial charge in [0.1, 0.15) is 5.01 Å². The molecule has 2 aromatic carbocycles. The van der Waals surface area contributed by atoms with E-state index in [2.05, 4.69) is 4.98 Å². The number of rotatable bonds is 3. The standard InChI is InChI=1S/C17H11ClF3N3O2S/c18-12-6-5-9(7-14(12)24(22)16(25)26)15-23-13(8-27-15)10-3-1-2-4-11(10)17(19,20)21/h1-8H,22H2,(H,25,26). The Labute approximate surface area is 160 Å². The first-order valence-electron chi connectivity index (χ1n) is 7.38. The lowest BCUT2D eigenvalue weighted by Gasteiger charge is -2.14. The molecule has 0 bridgehead atoms. The summed E-state index contributed by atoms with van der Waals surface area (Å²) in [7, 11) is 0. The van der Waals surface area contributed by atoms with Crippen molar-refractivity contribution in [1.82, 2.24) is 4.98 Å². The van der Waals surface area contributed by atoms with Crippen molar-refractivity contribution in [2.45, 2.75) is 6.18 Å². The normalized spacial score (nSPS) is 11.4. The lowest BCUT2D eigenvalue weighted by Crippen LogP contribution is -2.36. The molecule has 3 rings (SSSR count). The van der Waals surface area contributed by atoms with Gasteiger partial charge in [0.25, 0.3) is 0 Å². The van der Waals surface area contributed by atoms with Gasteiger partial charge in [-0.25, -0.2) is 20.6 Å². The van der Waals surface area contributed by atoms with Gasteiger partial charge in [0.15, 0.2) is 0 Å². The quantitative estimate of drug-likeness (QED) is 0.337. The Morgan fingerprint density at radius 3 is 2.59 bits per heavy atom. The lowest BCUT2D eigenvalue weighted by atomic mass is 10.1. The molecule has 0 aliphatic heterocycles. The second-order valence-electron chi connectivity index (χ2n) is 5.40. The zero-order valence-electron chi connectivity index (χ0n) is 13.4. The fourth-order valence-corrected chi connectivity index (χ4v) is 3.44. The SMILES string of the molecule is NN(C(=O)O)c1cc(-c2nc(-c3ccccc3C(F)(F)F)cs2)ccc1Cl. The predicted molar refractivity (Wildman–Crippen MR) is 97.7 cm³/mol. The average Bonchev–Trinajstić information content (AvgIpc) is 3.10. The summed E-state index contributed by atoms with van der Waals surface area (Å²) < 4.78 is 39.6. The van der Waals surface area contributed by atoms with E-state index in [1.165, 1.54) is 35.7 Å². The molecular formula is C17H11ClF3N3O2S. The molecule has 10 heteroatoms. The van der Waals surface area contributed by atoms with Crippen LogP contribution in [0.3, 0.4) is 0 Å². The second-order valence-corrected chi connectivity index (χ2v) is 6.67. The number of nitrogens with two attached hydrogens (primary N) is 1. The zero-order chi connectivity index (χ0) is 19.8. The van der Waals surface area contributed by atoms with E-state index in [1.807, 2.05) is 0 Å². The van der Waals surface area contributed by atoms with Crippen LogP contribution in [-0.4, -0.2) is 16.2 Å². The number of benzene rings is 2. The molecule has 3 N–H and O–H groups in total. The minimum Gasteiger partial charge on any atom is -0.464 e. The van der Waals surface area contributed by atoms with Gasteiger partial charge in [-0.15, -0.1) is 11.3 Å². The Bertz CT molecular complexity index is 1010. The highest BCUT2D eigenvalue weighted by Crippen LogP contribution is 2.39. The zero-order valence-corrected chi connectivity index (χ0v) is 14.9. The van der Waals surface area contributed by atoms with Gasteiger partial charge in [0.05, 0.1) is 22.0 Å². The molecule has 27 heavy (non-hydrogen) atoms. The molecule has 3 aromatic rings. The van der Waals surface area contributed by atoms with Crippen molar-refractivity contribution in [3.63, 3.8) is 0 Å². The number of hydrogen-bond acceptors (Lipinski definition) is 4. The van der Waals surface area contributed by atoms with Crippen LogP contribution in [0.5, 0.6) is 0 Å². The molecule has 0 aliphatic carbocycles. The van der Waals surface area contributed by atoms with Crippen molar-refractivity contribution in [3.8, 4) is 21.8 Å². The first-order chi connectivity index (χ1) is 12.7. The van der Waals surface area contributed by atoms with Crippen LogP contribution in [0.4, 0.5) is 23.7 Å². The summed E-state index contributed by atoms with van der Waals surface area (Å²) in [5, 5.41) is 11.5. The number of thiazole rings is 1. The van der Waals surface area contributed by atoms with Crippen molar-refractivity contribution >= 4 is 34.7 Å². The Morgan fingerprint density at radius 2 is 1.93 bits per heavy atom. The third-order valence-corrected chi connectivity index (χ3v) is 4.88. The van der Waals surface area contributed by atoms with Gasteiger partial charge in [-0.1, -0.05) is 35.9 Å². The Morgan fingerprint density at radius 1 is 1.22 bits per heavy atom. The minimum atomic E-state index is -4.50. The molecule has 1 heterocycles. The monoisotopic (exact) mass is 413 g/mol. The van der Waals surface area contributed by atoms with E-state index in [1.54, 1.807) is 6.07 Å². The molecule has 0 saturated carbocycles. The van der Waals surface area contributed by atoms with Crippen LogP contribution >= 0.6 is 22.9 Å². The predicted octanol–water partition coefficient (Wildman–Crippen LogP) is 5.51. The number of alkyl halides is 3. The number of carboxylic acid groups (broad SMARTS) is 1. The summed E-state index contributed by atoms with van der Waals surface area (Å²) in [5.74, 6) is 5.46. The van der Waals surface area contributed by atoms with Gasteiger partial charge >= 0.3 is 12.3 Å². The molecule has 1 aromatic heterocycles. The van der Waals surface area contributed by atoms with Crippen molar-refractivity contribution in [1.29, 1.82) is 0 Å². The highest BCUT2D eigenvalue weighted by Gasteiger charge is 2.33. The number of anilines is 1. The van der Waals surface area contributed by atoms with Gasteiger partial charge in [-0.2, -0.15) is 13.2 Å². The highest BCUT2D eigenvalue weighted by atomic mass is 35.5. The van der Waals surface area contributed by atoms with Crippen LogP contribution in [0.25, 0.3) is 21.8 Å². The smallest absolute Gasteiger partial charge is 0.426 e. The number of nitrogens with zero attached hydrogens (tertiary/aromatic N) is 2. The minimum absolute atomic E-state index is 0.0346. The van der Waals surface area contributed by atoms with Crippen LogP contribution in [0.15, 0.2) is 47.8 Å². The summed E-state index contributed by atoms with van der Waals surface area (Å²) in [4.78, 5) is 15.3. The van der Waals surface area contributed by atoms with Crippen LogP contribution < -0.4 is 10.9 Å². The lowest BCUT2D eigenvalue weighted by molar-refractivity contribution is -0.137. The molecule has 0 fully saturated rings. The molecule has 140 valence electrons. The van der Waals surface area contributed by atoms with Crippen LogP contribution in [0, 0.1) is 0 Å². The molecule has 5 nitrogen and oxygen atoms in total. The molecule has 0 saturated heterocycles. The number of aromatic nitrogens is 1. The van der Waals surface area contributed by atoms with Gasteiger partial charge in [-0.05, 0) is 18.2 Å². The Balaban J connectivity index is 2.03. The van der Waals surface area contributed by atoms with Gasteiger partial charge in [0.2, 0.25) is 0 Å². The van der Waals surface area contributed by atoms with Crippen molar-refractivity contribution < 1.29 is 23.1 Å². The van der Waals surface area contributed by atoms with Gasteiger partial charge in [0, 0.05) is 16.5 Å². The second kappa shape index (κ2) is 7.18. The number of hydrazine groups is 1. The van der Waals surface area contributed by atoms with Crippen LogP contribution in [0.1, 0.15) is 5.56 Å². The number of halogens is 4. The summed E-state index contributed by atoms with van der Waals surface area (Å²) in [6.45, 7) is 0. The third kappa shape index (κ3) is 3.90. The molecule has 0 aliphatic rings. The van der Waals surface area contributed by atoms with Gasteiger partial charge < -0.3 is 5.11 Å². The average molecular weight is 414 g/mol. The number of carbonyl (C=O) groups is 1. The molecular weight excluding hydrogens is 403 g/mol. The summed E-state index contributed by atoms with van der Waals surface area (Å²) in [5.41, 5.74) is -0.131. The van der Waals surface area contributed by atoms with E-state index < -0.39 is 17.8 Å². The van der Waals surface area contributed by atoms with E-state index in [4.69, 9.17) is 22.6 Å². The Hall–Kier alpha value is -2.62. The third-order valence-electron chi connectivity index (χ3n) is 3.67. The maximum Gasteiger partial charge on any atom is 0.426 e. The van der Waals surface area contributed by atoms with E-state index in [0.717, 1.165) is 17.4 Å². The summed E-state index contributed by atoms with van der Waals surface area (Å²) >= 11 is 7.09. The van der Waals surface area contributed by atoms with Crippen LogP contribution in [-0.2, 0) is 6.18 Å². The Kier molecular flexibility index (Phi) is 5.09. The van der Waals surface area contributed by atoms with E-state index >= 15 is 0 Å². The fourth-order valence-electron chi connectivity index (χ4n) is 2.42. The fraction of sp³-hybridized carbons (Fsp3) is 0.0588. The molecule has 0 radical (unpaired) electrons. The van der Waals surface area contributed by atoms with E-state index in [-0.39, 0.29) is 22.0 Å². The van der Waals surface area contributed by atoms with E-state index in [9.17, 15) is 18.0 Å². The molecule has 0 spiro atoms. The summed E-state index contributed by atoms with van der Waals surface area (Å²) in [6.07, 6.45) is -5.91. The van der Waals surface area contributed by atoms with Crippen LogP contribution in [0.2, 0.25) is 5.02 Å². The van der Waals surface area contributed by atoms with Crippen molar-refractivity contribution in [3.05, 3.63) is 58.4 Å². The molecule has 1 amide bonds. The maximum absolute atomic E-state index is 13.2. The largest absolute Gasteiger partial charge is 0.464 e. The first-order valence-corrected chi connectivity index (χ1v) is 8.64. The maximum atomic E-state index is 13.2. The highest BCUT2D eigenvalue weighted by molar-refractivity contribution is 7.13. The molecule has 0 unspecified atom stereocenters. The molecule has 0 atom stereocenters. The van der Waals surface area contributed by atoms with Crippen molar-refractivity contribution in [2.24, 2.45) is 5.84 Å². The number of amides is 1.